The Morgan fingerprint density at radius 1 is 1.14 bits per heavy atom. The molecule has 0 radical (unpaired) electrons. The van der Waals surface area contributed by atoms with Gasteiger partial charge in [0.05, 0.1) is 12.6 Å². The minimum atomic E-state index is -2.67. The lowest BCUT2D eigenvalue weighted by Crippen LogP contribution is -2.62. The summed E-state index contributed by atoms with van der Waals surface area (Å²) in [5.41, 5.74) is 3.40. The van der Waals surface area contributed by atoms with Gasteiger partial charge in [-0.05, 0) is 29.3 Å². The highest BCUT2D eigenvalue weighted by Gasteiger charge is 2.47. The Labute approximate surface area is 171 Å². The van der Waals surface area contributed by atoms with Gasteiger partial charge in [0.25, 0.3) is 0 Å². The lowest BCUT2D eigenvalue weighted by molar-refractivity contribution is -0.157. The van der Waals surface area contributed by atoms with Crippen LogP contribution >= 0.6 is 0 Å². The number of hydrogen-bond donors (Lipinski definition) is 1. The first kappa shape index (κ1) is 13.7. The van der Waals surface area contributed by atoms with Crippen molar-refractivity contribution in [3.8, 4) is 11.5 Å². The van der Waals surface area contributed by atoms with E-state index in [1.807, 2.05) is 36.4 Å². The number of likely N-dealkylation sites (N-methyl/N-ethyl adjacent to an activating group) is 1. The number of ether oxygens (including phenoxy) is 2. The third-order valence-electron chi connectivity index (χ3n) is 5.98. The standard InChI is InChI=1S/C22H19N3O4/c1-24-10-19(26)25-16(22(24)27)9-14-13-4-2-3-5-15(13)23-20(14)21(25)12-6-7-17-18(8-12)29-11-28-17/h2-8,16,21,23H,9-11H2,1H3/t16-,21+/m1/s1/i1D3. The van der Waals surface area contributed by atoms with Crippen LogP contribution in [0.2, 0.25) is 0 Å². The summed E-state index contributed by atoms with van der Waals surface area (Å²) in [5, 5.41) is 0.958. The minimum absolute atomic E-state index is 0.123. The number of H-pyrrole nitrogens is 1. The number of para-hydroxylation sites is 1. The third-order valence-corrected chi connectivity index (χ3v) is 5.98. The fraction of sp³-hybridized carbons (Fsp3) is 0.273. The normalized spacial score (nSPS) is 24.8. The molecule has 0 aliphatic carbocycles. The molecule has 0 bridgehead atoms. The molecule has 0 saturated carbocycles. The topological polar surface area (TPSA) is 74.9 Å². The van der Waals surface area contributed by atoms with Crippen molar-refractivity contribution < 1.29 is 23.2 Å². The van der Waals surface area contributed by atoms with E-state index in [1.165, 1.54) is 4.90 Å². The number of nitrogens with one attached hydrogen (secondary N) is 1. The highest BCUT2D eigenvalue weighted by atomic mass is 16.7. The largest absolute Gasteiger partial charge is 0.454 e. The summed E-state index contributed by atoms with van der Waals surface area (Å²) in [6.07, 6.45) is 0.248. The Morgan fingerprint density at radius 3 is 2.90 bits per heavy atom. The van der Waals surface area contributed by atoms with Gasteiger partial charge in [-0.25, -0.2) is 0 Å². The molecule has 29 heavy (non-hydrogen) atoms. The number of nitrogens with zero attached hydrogens (tertiary/aromatic N) is 2. The van der Waals surface area contributed by atoms with Gasteiger partial charge in [0.1, 0.15) is 6.04 Å². The molecule has 7 nitrogen and oxygen atoms in total. The van der Waals surface area contributed by atoms with Crippen molar-refractivity contribution in [2.45, 2.75) is 18.5 Å². The molecule has 1 N–H and O–H groups in total. The van der Waals surface area contributed by atoms with Crippen LogP contribution in [0, 0.1) is 0 Å². The van der Waals surface area contributed by atoms with E-state index in [0.717, 1.165) is 27.7 Å². The van der Waals surface area contributed by atoms with E-state index in [1.54, 1.807) is 6.07 Å². The predicted octanol–water partition coefficient (Wildman–Crippen LogP) is 2.21. The first-order chi connectivity index (χ1) is 15.3. The summed E-state index contributed by atoms with van der Waals surface area (Å²) in [5.74, 6) is 0.221. The molecular formula is C22H19N3O4. The molecule has 3 aliphatic heterocycles. The quantitative estimate of drug-likeness (QED) is 0.689. The van der Waals surface area contributed by atoms with Crippen molar-refractivity contribution in [1.29, 1.82) is 0 Å². The van der Waals surface area contributed by atoms with Crippen LogP contribution < -0.4 is 9.47 Å². The van der Waals surface area contributed by atoms with E-state index in [2.05, 4.69) is 4.98 Å². The van der Waals surface area contributed by atoms with Crippen molar-refractivity contribution >= 4 is 22.7 Å². The van der Waals surface area contributed by atoms with Crippen LogP contribution in [0.25, 0.3) is 10.9 Å². The van der Waals surface area contributed by atoms with Gasteiger partial charge < -0.3 is 24.3 Å². The first-order valence-corrected chi connectivity index (χ1v) is 9.44. The Kier molecular flexibility index (Phi) is 2.71. The molecule has 1 fully saturated rings. The van der Waals surface area contributed by atoms with Gasteiger partial charge in [0.2, 0.25) is 18.6 Å². The number of hydrogen-bond acceptors (Lipinski definition) is 4. The average molecular weight is 392 g/mol. The molecule has 0 unspecified atom stereocenters. The molecule has 1 aromatic heterocycles. The molecule has 2 atom stereocenters. The second-order valence-electron chi connectivity index (χ2n) is 7.52. The van der Waals surface area contributed by atoms with E-state index in [-0.39, 0.29) is 13.2 Å². The lowest BCUT2D eigenvalue weighted by atomic mass is 9.86. The van der Waals surface area contributed by atoms with Gasteiger partial charge in [0.15, 0.2) is 11.5 Å². The zero-order valence-corrected chi connectivity index (χ0v) is 15.3. The molecule has 3 aliphatic rings. The molecule has 1 saturated heterocycles. The van der Waals surface area contributed by atoms with E-state index >= 15 is 0 Å². The molecule has 3 aromatic rings. The van der Waals surface area contributed by atoms with Crippen LogP contribution in [0.5, 0.6) is 11.5 Å². The third kappa shape index (κ3) is 2.24. The number of benzene rings is 2. The number of carbonyl (C=O) groups is 2. The maximum Gasteiger partial charge on any atom is 0.245 e. The Morgan fingerprint density at radius 2 is 2.00 bits per heavy atom. The molecule has 4 heterocycles. The molecular weight excluding hydrogens is 370 g/mol. The molecule has 2 aromatic carbocycles. The van der Waals surface area contributed by atoms with Crippen molar-refractivity contribution in [3.63, 3.8) is 0 Å². The highest BCUT2D eigenvalue weighted by molar-refractivity contribution is 5.97. The average Bonchev–Trinajstić information content (AvgIpc) is 3.37. The molecule has 146 valence electrons. The Balaban J connectivity index is 1.55. The summed E-state index contributed by atoms with van der Waals surface area (Å²) in [4.78, 5) is 32.3. The number of aromatic nitrogens is 1. The van der Waals surface area contributed by atoms with Gasteiger partial charge in [-0.3, -0.25) is 9.59 Å². The van der Waals surface area contributed by atoms with Crippen LogP contribution in [0.1, 0.15) is 27.0 Å². The summed E-state index contributed by atoms with van der Waals surface area (Å²) in [6, 6.07) is 11.7. The van der Waals surface area contributed by atoms with Gasteiger partial charge in [-0.15, -0.1) is 0 Å². The van der Waals surface area contributed by atoms with Crippen LogP contribution in [-0.4, -0.2) is 53.0 Å². The van der Waals surface area contributed by atoms with E-state index < -0.39 is 37.4 Å². The van der Waals surface area contributed by atoms with Crippen molar-refractivity contribution in [2.24, 2.45) is 0 Å². The van der Waals surface area contributed by atoms with Gasteiger partial charge in [-0.1, -0.05) is 24.3 Å². The fourth-order valence-electron chi connectivity index (χ4n) is 4.69. The maximum absolute atomic E-state index is 13.3. The maximum atomic E-state index is 13.3. The van der Waals surface area contributed by atoms with E-state index in [0.29, 0.717) is 16.4 Å². The molecule has 6 rings (SSSR count). The molecule has 0 spiro atoms. The highest BCUT2D eigenvalue weighted by Crippen LogP contribution is 2.44. The SMILES string of the molecule is [2H]C([2H])([2H])N1CC(=O)N2[C@@H](c3ccc4c(c3)OCO4)c3[nH]c4ccccc4c3C[C@@H]2C1=O. The summed E-state index contributed by atoms with van der Waals surface area (Å²) in [6.45, 7) is -3.03. The summed E-state index contributed by atoms with van der Waals surface area (Å²) in [7, 11) is 0. The number of amides is 2. The van der Waals surface area contributed by atoms with Crippen molar-refractivity contribution in [1.82, 2.24) is 14.8 Å². The summed E-state index contributed by atoms with van der Waals surface area (Å²) >= 11 is 0. The number of piperazine rings is 1. The van der Waals surface area contributed by atoms with Gasteiger partial charge in [-0.2, -0.15) is 0 Å². The minimum Gasteiger partial charge on any atom is -0.454 e. The molecule has 2 amide bonds. The molecule has 7 heteroatoms. The van der Waals surface area contributed by atoms with Gasteiger partial charge >= 0.3 is 0 Å². The van der Waals surface area contributed by atoms with Crippen LogP contribution in [-0.2, 0) is 16.0 Å². The second-order valence-corrected chi connectivity index (χ2v) is 7.52. The van der Waals surface area contributed by atoms with Gasteiger partial charge in [0, 0.05) is 34.1 Å². The van der Waals surface area contributed by atoms with Crippen LogP contribution in [0.4, 0.5) is 0 Å². The monoisotopic (exact) mass is 392 g/mol. The Bertz CT molecular complexity index is 1290. The zero-order chi connectivity index (χ0) is 22.2. The van der Waals surface area contributed by atoms with Crippen molar-refractivity contribution in [2.75, 3.05) is 20.3 Å². The summed E-state index contributed by atoms with van der Waals surface area (Å²) < 4.78 is 34.1. The van der Waals surface area contributed by atoms with E-state index in [4.69, 9.17) is 13.6 Å². The van der Waals surface area contributed by atoms with Crippen LogP contribution in [0.15, 0.2) is 42.5 Å². The lowest BCUT2D eigenvalue weighted by Gasteiger charge is -2.46. The number of carbonyl (C=O) groups excluding carboxylic acids is 2. The smallest absolute Gasteiger partial charge is 0.245 e. The predicted molar refractivity (Wildman–Crippen MR) is 105 cm³/mol. The fourth-order valence-corrected chi connectivity index (χ4v) is 4.69. The Hall–Kier alpha value is -3.48. The van der Waals surface area contributed by atoms with E-state index in [9.17, 15) is 9.59 Å². The first-order valence-electron chi connectivity index (χ1n) is 10.9. The number of rotatable bonds is 1. The second kappa shape index (κ2) is 5.76. The number of fused-ring (bicyclic) bond motifs is 5. The van der Waals surface area contributed by atoms with Crippen molar-refractivity contribution in [3.05, 3.63) is 59.3 Å². The van der Waals surface area contributed by atoms with Crippen LogP contribution in [0.3, 0.4) is 0 Å². The zero-order valence-electron chi connectivity index (χ0n) is 18.3. The number of aromatic amines is 1.